The predicted octanol–water partition coefficient (Wildman–Crippen LogP) is 4.35. The number of rotatable bonds is 4. The molecule has 37 heavy (non-hydrogen) atoms. The van der Waals surface area contributed by atoms with Crippen LogP contribution in [0.1, 0.15) is 32.0 Å². The fourth-order valence-electron chi connectivity index (χ4n) is 4.40. The van der Waals surface area contributed by atoms with Gasteiger partial charge in [0, 0.05) is 31.3 Å². The molecule has 194 valence electrons. The molecule has 1 amide bonds. The van der Waals surface area contributed by atoms with Gasteiger partial charge in [0.15, 0.2) is 0 Å². The van der Waals surface area contributed by atoms with Gasteiger partial charge in [-0.2, -0.15) is 5.10 Å². The van der Waals surface area contributed by atoms with Crippen molar-refractivity contribution in [3.8, 4) is 16.9 Å². The van der Waals surface area contributed by atoms with Crippen LogP contribution in [0, 0.1) is 18.6 Å². The number of fused-ring (bicyclic) bond motifs is 1. The quantitative estimate of drug-likeness (QED) is 0.406. The molecule has 1 aliphatic heterocycles. The van der Waals surface area contributed by atoms with Crippen molar-refractivity contribution in [2.45, 2.75) is 45.8 Å². The number of halogens is 2. The second kappa shape index (κ2) is 9.55. The van der Waals surface area contributed by atoms with Crippen LogP contribution in [0.4, 0.5) is 13.6 Å². The minimum atomic E-state index is -0.771. The molecule has 0 spiro atoms. The van der Waals surface area contributed by atoms with Crippen molar-refractivity contribution in [3.05, 3.63) is 66.0 Å². The van der Waals surface area contributed by atoms with E-state index in [9.17, 15) is 4.79 Å². The SMILES string of the molecule is Cc1ccn2c(C[C@H]3CN(C(=O)OC(C)(C)C)CCO3)c(-c3c(F)cc(-n4cncn4)cc3F)nc2c1. The zero-order valence-corrected chi connectivity index (χ0v) is 21.1. The molecule has 0 unspecified atom stereocenters. The number of carbonyl (C=O) groups excluding carboxylic acids is 1. The largest absolute Gasteiger partial charge is 0.444 e. The molecule has 1 saturated heterocycles. The Morgan fingerprint density at radius 3 is 2.65 bits per heavy atom. The first-order valence-corrected chi connectivity index (χ1v) is 12.0. The number of hydrogen-bond acceptors (Lipinski definition) is 6. The van der Waals surface area contributed by atoms with Crippen molar-refractivity contribution in [2.24, 2.45) is 0 Å². The minimum absolute atomic E-state index is 0.184. The van der Waals surface area contributed by atoms with Crippen LogP contribution in [0.5, 0.6) is 0 Å². The molecule has 1 fully saturated rings. The fraction of sp³-hybridized carbons (Fsp3) is 0.385. The summed E-state index contributed by atoms with van der Waals surface area (Å²) in [6.07, 6.45) is 3.92. The van der Waals surface area contributed by atoms with E-state index in [1.807, 2.05) is 50.4 Å². The van der Waals surface area contributed by atoms with Gasteiger partial charge in [0.1, 0.15) is 35.5 Å². The van der Waals surface area contributed by atoms with E-state index in [1.54, 1.807) is 4.90 Å². The molecule has 1 aliphatic rings. The first kappa shape index (κ1) is 24.8. The van der Waals surface area contributed by atoms with E-state index in [4.69, 9.17) is 9.47 Å². The predicted molar refractivity (Wildman–Crippen MR) is 131 cm³/mol. The van der Waals surface area contributed by atoms with Crippen molar-refractivity contribution in [1.82, 2.24) is 29.0 Å². The third-order valence-electron chi connectivity index (χ3n) is 6.04. The van der Waals surface area contributed by atoms with Crippen molar-refractivity contribution in [2.75, 3.05) is 19.7 Å². The van der Waals surface area contributed by atoms with Crippen LogP contribution in [0.2, 0.25) is 0 Å². The number of imidazole rings is 1. The van der Waals surface area contributed by atoms with Gasteiger partial charge < -0.3 is 18.8 Å². The summed E-state index contributed by atoms with van der Waals surface area (Å²) >= 11 is 0. The highest BCUT2D eigenvalue weighted by Crippen LogP contribution is 2.32. The molecule has 0 bridgehead atoms. The number of amides is 1. The molecular weight excluding hydrogens is 482 g/mol. The lowest BCUT2D eigenvalue weighted by Gasteiger charge is -2.34. The second-order valence-electron chi connectivity index (χ2n) is 10.1. The molecule has 0 N–H and O–H groups in total. The van der Waals surface area contributed by atoms with Crippen LogP contribution in [-0.4, -0.2) is 66.5 Å². The molecule has 0 aliphatic carbocycles. The lowest BCUT2D eigenvalue weighted by Crippen LogP contribution is -2.48. The summed E-state index contributed by atoms with van der Waals surface area (Å²) < 4.78 is 45.4. The molecule has 1 aromatic carbocycles. The van der Waals surface area contributed by atoms with Gasteiger partial charge in [0.25, 0.3) is 0 Å². The molecular formula is C26H28F2N6O3. The summed E-state index contributed by atoms with van der Waals surface area (Å²) in [5, 5.41) is 3.95. The Kier molecular flexibility index (Phi) is 6.40. The zero-order valence-electron chi connectivity index (χ0n) is 21.1. The maximum absolute atomic E-state index is 15.4. The number of ether oxygens (including phenoxy) is 2. The fourth-order valence-corrected chi connectivity index (χ4v) is 4.40. The van der Waals surface area contributed by atoms with Gasteiger partial charge in [-0.25, -0.2) is 28.2 Å². The number of aryl methyl sites for hydroxylation is 1. The molecule has 11 heteroatoms. The number of morpholine rings is 1. The van der Waals surface area contributed by atoms with Crippen LogP contribution in [0.3, 0.4) is 0 Å². The highest BCUT2D eigenvalue weighted by Gasteiger charge is 2.31. The maximum atomic E-state index is 15.4. The Morgan fingerprint density at radius 1 is 1.22 bits per heavy atom. The van der Waals surface area contributed by atoms with Crippen molar-refractivity contribution < 1.29 is 23.0 Å². The van der Waals surface area contributed by atoms with E-state index in [0.29, 0.717) is 24.5 Å². The highest BCUT2D eigenvalue weighted by atomic mass is 19.1. The van der Waals surface area contributed by atoms with E-state index >= 15 is 8.78 Å². The van der Waals surface area contributed by atoms with Gasteiger partial charge in [-0.05, 0) is 45.4 Å². The summed E-state index contributed by atoms with van der Waals surface area (Å²) in [6, 6.07) is 6.15. The smallest absolute Gasteiger partial charge is 0.410 e. The number of hydrogen-bond donors (Lipinski definition) is 0. The van der Waals surface area contributed by atoms with E-state index < -0.39 is 29.4 Å². The Bertz CT molecular complexity index is 1420. The van der Waals surface area contributed by atoms with Crippen LogP contribution in [-0.2, 0) is 15.9 Å². The van der Waals surface area contributed by atoms with Crippen molar-refractivity contribution >= 4 is 11.7 Å². The summed E-state index contributed by atoms with van der Waals surface area (Å²) in [7, 11) is 0. The van der Waals surface area contributed by atoms with Crippen LogP contribution >= 0.6 is 0 Å². The van der Waals surface area contributed by atoms with Gasteiger partial charge in [-0.15, -0.1) is 0 Å². The lowest BCUT2D eigenvalue weighted by molar-refractivity contribution is -0.0418. The Balaban J connectivity index is 1.52. The van der Waals surface area contributed by atoms with Gasteiger partial charge in [-0.3, -0.25) is 0 Å². The molecule has 9 nitrogen and oxygen atoms in total. The number of benzene rings is 1. The lowest BCUT2D eigenvalue weighted by atomic mass is 10.0. The van der Waals surface area contributed by atoms with Gasteiger partial charge in [0.2, 0.25) is 0 Å². The molecule has 4 heterocycles. The summed E-state index contributed by atoms with van der Waals surface area (Å²) in [6.45, 7) is 8.36. The van der Waals surface area contributed by atoms with Crippen LogP contribution in [0.15, 0.2) is 43.1 Å². The van der Waals surface area contributed by atoms with E-state index in [0.717, 1.165) is 5.56 Å². The third-order valence-corrected chi connectivity index (χ3v) is 6.04. The minimum Gasteiger partial charge on any atom is -0.444 e. The van der Waals surface area contributed by atoms with Gasteiger partial charge in [0.05, 0.1) is 41.9 Å². The highest BCUT2D eigenvalue weighted by molar-refractivity contribution is 5.70. The third kappa shape index (κ3) is 5.17. The average molecular weight is 511 g/mol. The molecule has 0 radical (unpaired) electrons. The van der Waals surface area contributed by atoms with Gasteiger partial charge in [-0.1, -0.05) is 0 Å². The average Bonchev–Trinajstić information content (AvgIpc) is 3.47. The molecule has 3 aromatic heterocycles. The Morgan fingerprint density at radius 2 is 1.97 bits per heavy atom. The summed E-state index contributed by atoms with van der Waals surface area (Å²) in [5.41, 5.74) is 1.64. The maximum Gasteiger partial charge on any atom is 0.410 e. The van der Waals surface area contributed by atoms with Crippen molar-refractivity contribution in [1.29, 1.82) is 0 Å². The topological polar surface area (TPSA) is 86.8 Å². The molecule has 4 aromatic rings. The van der Waals surface area contributed by atoms with E-state index in [-0.39, 0.29) is 29.9 Å². The molecule has 5 rings (SSSR count). The second-order valence-corrected chi connectivity index (χ2v) is 10.1. The Labute approximate surface area is 212 Å². The Hall–Kier alpha value is -3.86. The molecule has 0 saturated carbocycles. The van der Waals surface area contributed by atoms with E-state index in [1.165, 1.54) is 29.5 Å². The summed E-state index contributed by atoms with van der Waals surface area (Å²) in [5.74, 6) is -1.54. The van der Waals surface area contributed by atoms with Gasteiger partial charge >= 0.3 is 6.09 Å². The number of carbonyl (C=O) groups is 1. The monoisotopic (exact) mass is 510 g/mol. The number of pyridine rings is 1. The number of aromatic nitrogens is 5. The number of nitrogens with zero attached hydrogens (tertiary/aromatic N) is 6. The standard InChI is InChI=1S/C26H28F2N6O3/c1-16-5-6-33-21(12-18-13-32(7-8-36-18)25(35)37-26(2,3)4)24(31-22(33)9-16)23-19(27)10-17(11-20(23)28)34-15-29-14-30-34/h5-6,9-11,14-15,18H,7-8,12-13H2,1-4H3/t18-/m0/s1. The van der Waals surface area contributed by atoms with Crippen LogP contribution in [0.25, 0.3) is 22.6 Å². The van der Waals surface area contributed by atoms with Crippen molar-refractivity contribution in [3.63, 3.8) is 0 Å². The van der Waals surface area contributed by atoms with E-state index in [2.05, 4.69) is 15.1 Å². The first-order valence-electron chi connectivity index (χ1n) is 12.0. The normalized spacial score (nSPS) is 16.4. The van der Waals surface area contributed by atoms with Crippen LogP contribution < -0.4 is 0 Å². The summed E-state index contributed by atoms with van der Waals surface area (Å²) in [4.78, 5) is 22.7. The first-order chi connectivity index (χ1) is 17.6. The zero-order chi connectivity index (χ0) is 26.3. The molecule has 1 atom stereocenters.